The van der Waals surface area contributed by atoms with Gasteiger partial charge in [-0.25, -0.2) is 22.5 Å². The molecule has 0 aromatic carbocycles. The number of hydrogen-bond acceptors (Lipinski definition) is 9. The van der Waals surface area contributed by atoms with Crippen LogP contribution in [0.15, 0.2) is 21.9 Å². The molecule has 14 heteroatoms. The first kappa shape index (κ1) is 25.9. The van der Waals surface area contributed by atoms with Crippen molar-refractivity contribution in [1.82, 2.24) is 9.55 Å². The highest BCUT2D eigenvalue weighted by molar-refractivity contribution is 7.48. The minimum absolute atomic E-state index is 0.0828. The van der Waals surface area contributed by atoms with Crippen molar-refractivity contribution < 1.29 is 32.7 Å². The van der Waals surface area contributed by atoms with Crippen LogP contribution >= 0.6 is 7.82 Å². The van der Waals surface area contributed by atoms with Gasteiger partial charge in [0.2, 0.25) is 13.1 Å². The van der Waals surface area contributed by atoms with E-state index in [-0.39, 0.29) is 32.7 Å². The molecule has 0 saturated carbocycles. The molecule has 2 N–H and O–H groups in total. The predicted octanol–water partition coefficient (Wildman–Crippen LogP) is 0.587. The van der Waals surface area contributed by atoms with Crippen LogP contribution in [0.4, 0.5) is 0 Å². The second kappa shape index (κ2) is 11.5. The van der Waals surface area contributed by atoms with Gasteiger partial charge in [-0.05, 0) is 6.42 Å². The number of phosphoric acid groups is 1. The van der Waals surface area contributed by atoms with Gasteiger partial charge >= 0.3 is 13.5 Å². The Kier molecular flexibility index (Phi) is 9.31. The fourth-order valence-electron chi connectivity index (χ4n) is 3.13. The average molecular weight is 472 g/mol. The molecule has 0 amide bonds. The zero-order valence-corrected chi connectivity index (χ0v) is 18.5. The maximum Gasteiger partial charge on any atom is 0.475 e. The van der Waals surface area contributed by atoms with E-state index in [0.29, 0.717) is 0 Å². The Balaban J connectivity index is 2.27. The van der Waals surface area contributed by atoms with Crippen LogP contribution in [0.1, 0.15) is 19.6 Å². The summed E-state index contributed by atoms with van der Waals surface area (Å²) in [6, 6.07) is 1.12. The number of nitrogens with zero attached hydrogens (tertiary/aromatic N) is 3. The molecule has 2 rings (SSSR count). The number of nitrogens with one attached hydrogen (secondary N) is 1. The van der Waals surface area contributed by atoms with Crippen LogP contribution in [0.25, 0.3) is 9.69 Å². The third kappa shape index (κ3) is 5.91. The van der Waals surface area contributed by atoms with E-state index in [4.69, 9.17) is 36.2 Å². The summed E-state index contributed by atoms with van der Waals surface area (Å²) in [7, 11) is -2.87. The summed E-state index contributed by atoms with van der Waals surface area (Å²) in [4.78, 5) is 31.9. The Bertz CT molecular complexity index is 989. The van der Waals surface area contributed by atoms with Crippen LogP contribution in [0, 0.1) is 13.1 Å². The lowest BCUT2D eigenvalue weighted by atomic mass is 9.93. The van der Waals surface area contributed by atoms with Gasteiger partial charge in [0.15, 0.2) is 6.23 Å². The molecule has 176 valence electrons. The largest absolute Gasteiger partial charge is 0.475 e. The minimum Gasteiger partial charge on any atom is -0.387 e. The van der Waals surface area contributed by atoms with E-state index >= 15 is 0 Å². The van der Waals surface area contributed by atoms with Crippen LogP contribution in [-0.4, -0.2) is 72.5 Å². The summed E-state index contributed by atoms with van der Waals surface area (Å²) in [5.74, 6) is 0. The second-order valence-electron chi connectivity index (χ2n) is 6.74. The lowest BCUT2D eigenvalue weighted by Crippen LogP contribution is -2.46. The molecule has 1 aliphatic heterocycles. The third-order valence-electron chi connectivity index (χ3n) is 4.85. The van der Waals surface area contributed by atoms with E-state index < -0.39 is 49.7 Å². The summed E-state index contributed by atoms with van der Waals surface area (Å²) < 4.78 is 41.0. The highest BCUT2D eigenvalue weighted by Crippen LogP contribution is 2.52. The van der Waals surface area contributed by atoms with E-state index in [0.717, 1.165) is 10.6 Å². The lowest BCUT2D eigenvalue weighted by Gasteiger charge is -2.31. The Morgan fingerprint density at radius 3 is 2.38 bits per heavy atom. The SMILES string of the molecule is [C-]#[N+]CCOP(=O)(OCC[N+]#[C-])OC[C@@]1(CC)O[C@@H](n2ccc(=O)[nH]c2=O)C(OC)[C@H]1O. The predicted molar refractivity (Wildman–Crippen MR) is 110 cm³/mol. The van der Waals surface area contributed by atoms with Gasteiger partial charge in [-0.1, -0.05) is 6.92 Å². The number of aliphatic hydroxyl groups excluding tert-OH is 1. The van der Waals surface area contributed by atoms with Crippen molar-refractivity contribution in [3.63, 3.8) is 0 Å². The number of aliphatic hydroxyl groups is 1. The second-order valence-corrected chi connectivity index (χ2v) is 8.41. The monoisotopic (exact) mass is 472 g/mol. The zero-order chi connectivity index (χ0) is 23.8. The number of hydrogen-bond donors (Lipinski definition) is 2. The molecule has 2 heterocycles. The van der Waals surface area contributed by atoms with Crippen molar-refractivity contribution in [2.24, 2.45) is 0 Å². The van der Waals surface area contributed by atoms with Gasteiger partial charge in [-0.3, -0.25) is 27.9 Å². The van der Waals surface area contributed by atoms with Crippen molar-refractivity contribution in [3.05, 3.63) is 55.9 Å². The number of aromatic nitrogens is 2. The summed E-state index contributed by atoms with van der Waals surface area (Å²) in [6.07, 6.45) is -2.09. The fraction of sp³-hybridized carbons (Fsp3) is 0.667. The Morgan fingerprint density at radius 1 is 1.25 bits per heavy atom. The molecule has 1 unspecified atom stereocenters. The summed E-state index contributed by atoms with van der Waals surface area (Å²) in [5, 5.41) is 10.9. The summed E-state index contributed by atoms with van der Waals surface area (Å²) in [6.45, 7) is 14.2. The third-order valence-corrected chi connectivity index (χ3v) is 6.30. The van der Waals surface area contributed by atoms with Crippen LogP contribution in [0.3, 0.4) is 0 Å². The number of H-pyrrole nitrogens is 1. The molecule has 1 saturated heterocycles. The van der Waals surface area contributed by atoms with Crippen LogP contribution in [0.2, 0.25) is 0 Å². The summed E-state index contributed by atoms with van der Waals surface area (Å²) in [5.41, 5.74) is -2.83. The van der Waals surface area contributed by atoms with E-state index in [1.165, 1.54) is 13.3 Å². The molecule has 0 radical (unpaired) electrons. The molecule has 32 heavy (non-hydrogen) atoms. The normalized spacial score (nSPS) is 25.3. The molecule has 1 aromatic heterocycles. The van der Waals surface area contributed by atoms with E-state index in [9.17, 15) is 19.3 Å². The van der Waals surface area contributed by atoms with Crippen LogP contribution in [-0.2, 0) is 27.6 Å². The van der Waals surface area contributed by atoms with Gasteiger partial charge in [0.05, 0.1) is 6.61 Å². The Morgan fingerprint density at radius 2 is 1.88 bits per heavy atom. The number of ether oxygens (including phenoxy) is 2. The highest BCUT2D eigenvalue weighted by Gasteiger charge is 2.56. The molecule has 1 aromatic rings. The highest BCUT2D eigenvalue weighted by atomic mass is 31.2. The molecule has 0 spiro atoms. The molecular formula is C18H25N4O9P. The fourth-order valence-corrected chi connectivity index (χ4v) is 4.34. The standard InChI is InChI=1S/C18H25N4O9P/c1-5-18(12-30-32(26,28-10-7-19-2)29-11-8-20-3)15(24)14(27-4)16(31-18)22-9-6-13(23)21-17(22)25/h6,9,14-16,24H,5,7-8,10-12H2,1,4H3,(H,21,23,25)/t14?,15-,16-,18-/m1/s1. The maximum absolute atomic E-state index is 12.9. The maximum atomic E-state index is 12.9. The van der Waals surface area contributed by atoms with Gasteiger partial charge in [0.25, 0.3) is 5.56 Å². The van der Waals surface area contributed by atoms with Crippen LogP contribution in [0.5, 0.6) is 0 Å². The van der Waals surface area contributed by atoms with Gasteiger partial charge in [-0.15, -0.1) is 0 Å². The summed E-state index contributed by atoms with van der Waals surface area (Å²) >= 11 is 0. The van der Waals surface area contributed by atoms with Gasteiger partial charge < -0.3 is 24.3 Å². The molecule has 13 nitrogen and oxygen atoms in total. The lowest BCUT2D eigenvalue weighted by molar-refractivity contribution is -0.130. The minimum atomic E-state index is -4.18. The van der Waals surface area contributed by atoms with Crippen molar-refractivity contribution in [2.75, 3.05) is 40.0 Å². The number of phosphoric ester groups is 1. The van der Waals surface area contributed by atoms with Crippen molar-refractivity contribution in [3.8, 4) is 0 Å². The molecule has 0 aliphatic carbocycles. The first-order valence-corrected chi connectivity index (χ1v) is 11.1. The van der Waals surface area contributed by atoms with Crippen molar-refractivity contribution in [1.29, 1.82) is 0 Å². The van der Waals surface area contributed by atoms with Gasteiger partial charge in [0.1, 0.15) is 31.0 Å². The average Bonchev–Trinajstić information content (AvgIpc) is 3.04. The van der Waals surface area contributed by atoms with Gasteiger partial charge in [-0.2, -0.15) is 0 Å². The number of rotatable bonds is 12. The Hall–Kier alpha value is -2.35. The first-order chi connectivity index (χ1) is 15.3. The molecule has 4 atom stereocenters. The Labute approximate surface area is 184 Å². The van der Waals surface area contributed by atoms with Gasteiger partial charge in [0, 0.05) is 19.4 Å². The van der Waals surface area contributed by atoms with Crippen molar-refractivity contribution in [2.45, 2.75) is 37.4 Å². The molecule has 1 aliphatic rings. The quantitative estimate of drug-likeness (QED) is 0.253. The molecular weight excluding hydrogens is 447 g/mol. The number of aromatic amines is 1. The molecule has 1 fully saturated rings. The van der Waals surface area contributed by atoms with Crippen LogP contribution < -0.4 is 11.2 Å². The smallest absolute Gasteiger partial charge is 0.387 e. The first-order valence-electron chi connectivity index (χ1n) is 9.66. The van der Waals surface area contributed by atoms with Crippen molar-refractivity contribution >= 4 is 7.82 Å². The number of methoxy groups -OCH3 is 1. The van der Waals surface area contributed by atoms with E-state index in [2.05, 4.69) is 14.7 Å². The zero-order valence-electron chi connectivity index (χ0n) is 17.6. The van der Waals surface area contributed by atoms with E-state index in [1.807, 2.05) is 0 Å². The molecule has 0 bridgehead atoms. The van der Waals surface area contributed by atoms with E-state index in [1.54, 1.807) is 6.92 Å². The topological polar surface area (TPSA) is 147 Å².